The van der Waals surface area contributed by atoms with Crippen molar-refractivity contribution in [3.63, 3.8) is 0 Å². The van der Waals surface area contributed by atoms with Crippen molar-refractivity contribution in [2.24, 2.45) is 0 Å². The van der Waals surface area contributed by atoms with Crippen LogP contribution in [0.5, 0.6) is 0 Å². The lowest BCUT2D eigenvalue weighted by atomic mass is 10.2. The molecular weight excluding hydrogens is 323 g/mol. The summed E-state index contributed by atoms with van der Waals surface area (Å²) in [7, 11) is 0. The zero-order valence-corrected chi connectivity index (χ0v) is 13.6. The molecule has 0 aliphatic heterocycles. The Morgan fingerprint density at radius 1 is 1.12 bits per heavy atom. The Balaban J connectivity index is 1.84. The molecule has 0 N–H and O–H groups in total. The zero-order valence-electron chi connectivity index (χ0n) is 12.8. The number of pyridine rings is 1. The lowest BCUT2D eigenvalue weighted by Crippen LogP contribution is -2.28. The maximum Gasteiger partial charge on any atom is 0.251 e. The Bertz CT molecular complexity index is 814. The highest BCUT2D eigenvalue weighted by molar-refractivity contribution is 7.09. The first-order valence-electron chi connectivity index (χ1n) is 7.41. The van der Waals surface area contributed by atoms with Gasteiger partial charge in [0.25, 0.3) is 5.91 Å². The predicted octanol–water partition coefficient (Wildman–Crippen LogP) is 4.53. The third kappa shape index (κ3) is 4.14. The number of carbonyl (C=O) groups is 1. The Morgan fingerprint density at radius 3 is 2.62 bits per heavy atom. The summed E-state index contributed by atoms with van der Waals surface area (Å²) < 4.78 is 13.2. The standard InChI is InChI=1S/C19H15FN2OS/c20-15-6-9-17(10-7-15)22(14-18-5-3-13-24-18)19(23)11-8-16-4-1-2-12-21-16/h1-13H,14H2/b11-8+. The summed E-state index contributed by atoms with van der Waals surface area (Å²) in [5.74, 6) is -0.507. The highest BCUT2D eigenvalue weighted by atomic mass is 32.1. The summed E-state index contributed by atoms with van der Waals surface area (Å²) in [5, 5.41) is 1.96. The minimum Gasteiger partial charge on any atom is -0.304 e. The molecule has 3 aromatic rings. The average Bonchev–Trinajstić information content (AvgIpc) is 3.13. The fourth-order valence-corrected chi connectivity index (χ4v) is 2.89. The molecule has 0 saturated heterocycles. The van der Waals surface area contributed by atoms with Crippen LogP contribution in [0.1, 0.15) is 10.6 Å². The Morgan fingerprint density at radius 2 is 1.96 bits per heavy atom. The third-order valence-corrected chi connectivity index (χ3v) is 4.24. The van der Waals surface area contributed by atoms with E-state index in [-0.39, 0.29) is 11.7 Å². The lowest BCUT2D eigenvalue weighted by Gasteiger charge is -2.20. The molecule has 5 heteroatoms. The van der Waals surface area contributed by atoms with Gasteiger partial charge < -0.3 is 4.90 Å². The van der Waals surface area contributed by atoms with Crippen LogP contribution in [0.25, 0.3) is 6.08 Å². The third-order valence-electron chi connectivity index (χ3n) is 3.38. The molecule has 0 aliphatic carbocycles. The van der Waals surface area contributed by atoms with Crippen molar-refractivity contribution in [1.82, 2.24) is 4.98 Å². The quantitative estimate of drug-likeness (QED) is 0.641. The summed E-state index contributed by atoms with van der Waals surface area (Å²) in [4.78, 5) is 19.5. The van der Waals surface area contributed by atoms with Gasteiger partial charge in [-0.3, -0.25) is 9.78 Å². The molecule has 3 nitrogen and oxygen atoms in total. The molecule has 0 saturated carbocycles. The van der Waals surface area contributed by atoms with Gasteiger partial charge >= 0.3 is 0 Å². The van der Waals surface area contributed by atoms with Gasteiger partial charge in [-0.2, -0.15) is 0 Å². The molecule has 0 spiro atoms. The van der Waals surface area contributed by atoms with Crippen LogP contribution in [0.4, 0.5) is 10.1 Å². The van der Waals surface area contributed by atoms with Crippen molar-refractivity contribution in [2.45, 2.75) is 6.54 Å². The number of amides is 1. The van der Waals surface area contributed by atoms with Crippen LogP contribution >= 0.6 is 11.3 Å². The molecule has 2 aromatic heterocycles. The van der Waals surface area contributed by atoms with E-state index in [0.29, 0.717) is 17.9 Å². The fourth-order valence-electron chi connectivity index (χ4n) is 2.20. The van der Waals surface area contributed by atoms with Crippen LogP contribution in [0.15, 0.2) is 72.3 Å². The fraction of sp³-hybridized carbons (Fsp3) is 0.0526. The molecule has 0 fully saturated rings. The van der Waals surface area contributed by atoms with Gasteiger partial charge in [-0.05, 0) is 53.9 Å². The van der Waals surface area contributed by atoms with Crippen molar-refractivity contribution in [1.29, 1.82) is 0 Å². The summed E-state index contributed by atoms with van der Waals surface area (Å²) in [6, 6.07) is 15.3. The minimum absolute atomic E-state index is 0.180. The van der Waals surface area contributed by atoms with Gasteiger partial charge in [0.15, 0.2) is 0 Å². The lowest BCUT2D eigenvalue weighted by molar-refractivity contribution is -0.114. The number of nitrogens with zero attached hydrogens (tertiary/aromatic N) is 2. The van der Waals surface area contributed by atoms with Crippen LogP contribution in [-0.4, -0.2) is 10.9 Å². The summed E-state index contributed by atoms with van der Waals surface area (Å²) >= 11 is 1.58. The van der Waals surface area contributed by atoms with E-state index in [0.717, 1.165) is 4.88 Å². The summed E-state index contributed by atoms with van der Waals surface area (Å²) in [6.07, 6.45) is 4.83. The first kappa shape index (κ1) is 16.1. The molecule has 1 aromatic carbocycles. The van der Waals surface area contributed by atoms with E-state index < -0.39 is 0 Å². The highest BCUT2D eigenvalue weighted by Gasteiger charge is 2.14. The van der Waals surface area contributed by atoms with Crippen LogP contribution in [0.3, 0.4) is 0 Å². The van der Waals surface area contributed by atoms with Crippen LogP contribution in [0, 0.1) is 5.82 Å². The summed E-state index contributed by atoms with van der Waals surface area (Å²) in [6.45, 7) is 0.439. The van der Waals surface area contributed by atoms with Gasteiger partial charge in [-0.15, -0.1) is 11.3 Å². The van der Waals surface area contributed by atoms with Crippen LogP contribution in [0.2, 0.25) is 0 Å². The number of benzene rings is 1. The zero-order chi connectivity index (χ0) is 16.8. The molecule has 3 rings (SSSR count). The second kappa shape index (κ2) is 7.66. The molecule has 0 aliphatic rings. The van der Waals surface area contributed by atoms with Gasteiger partial charge in [0.05, 0.1) is 12.2 Å². The number of halogens is 1. The number of aromatic nitrogens is 1. The van der Waals surface area contributed by atoms with Crippen LogP contribution < -0.4 is 4.90 Å². The van der Waals surface area contributed by atoms with E-state index in [2.05, 4.69) is 4.98 Å². The Hall–Kier alpha value is -2.79. The maximum atomic E-state index is 13.2. The molecule has 0 bridgehead atoms. The number of hydrogen-bond donors (Lipinski definition) is 0. The van der Waals surface area contributed by atoms with Crippen molar-refractivity contribution in [3.8, 4) is 0 Å². The van der Waals surface area contributed by atoms with Crippen molar-refractivity contribution in [2.75, 3.05) is 4.90 Å². The van der Waals surface area contributed by atoms with E-state index >= 15 is 0 Å². The van der Waals surface area contributed by atoms with Crippen molar-refractivity contribution < 1.29 is 9.18 Å². The van der Waals surface area contributed by atoms with Crippen molar-refractivity contribution >= 4 is 29.0 Å². The maximum absolute atomic E-state index is 13.2. The van der Waals surface area contributed by atoms with Gasteiger partial charge in [-0.25, -0.2) is 4.39 Å². The number of rotatable bonds is 5. The minimum atomic E-state index is -0.327. The molecule has 2 heterocycles. The first-order chi connectivity index (χ1) is 11.7. The van der Waals surface area contributed by atoms with E-state index in [9.17, 15) is 9.18 Å². The highest BCUT2D eigenvalue weighted by Crippen LogP contribution is 2.21. The smallest absolute Gasteiger partial charge is 0.251 e. The molecule has 1 amide bonds. The normalized spacial score (nSPS) is 10.9. The predicted molar refractivity (Wildman–Crippen MR) is 95.2 cm³/mol. The second-order valence-electron chi connectivity index (χ2n) is 5.07. The van der Waals surface area contributed by atoms with E-state index in [1.807, 2.05) is 35.7 Å². The average molecular weight is 338 g/mol. The van der Waals surface area contributed by atoms with E-state index in [4.69, 9.17) is 0 Å². The number of hydrogen-bond acceptors (Lipinski definition) is 3. The van der Waals surface area contributed by atoms with E-state index in [1.54, 1.807) is 40.6 Å². The van der Waals surface area contributed by atoms with Gasteiger partial charge in [0.1, 0.15) is 5.82 Å². The number of anilines is 1. The Labute approximate surface area is 143 Å². The molecule has 0 radical (unpaired) electrons. The summed E-state index contributed by atoms with van der Waals surface area (Å²) in [5.41, 5.74) is 1.36. The van der Waals surface area contributed by atoms with Gasteiger partial charge in [0, 0.05) is 22.8 Å². The second-order valence-corrected chi connectivity index (χ2v) is 6.10. The SMILES string of the molecule is O=C(/C=C/c1ccccn1)N(Cc1cccs1)c1ccc(F)cc1. The topological polar surface area (TPSA) is 33.2 Å². The largest absolute Gasteiger partial charge is 0.304 e. The molecule has 120 valence electrons. The number of thiophene rings is 1. The molecule has 0 unspecified atom stereocenters. The van der Waals surface area contributed by atoms with Gasteiger partial charge in [-0.1, -0.05) is 12.1 Å². The number of carbonyl (C=O) groups excluding carboxylic acids is 1. The monoisotopic (exact) mass is 338 g/mol. The van der Waals surface area contributed by atoms with Crippen molar-refractivity contribution in [3.05, 3.63) is 88.6 Å². The Kier molecular flexibility index (Phi) is 5.13. The van der Waals surface area contributed by atoms with E-state index in [1.165, 1.54) is 18.2 Å². The van der Waals surface area contributed by atoms with Gasteiger partial charge in [0.2, 0.25) is 0 Å². The molecule has 24 heavy (non-hydrogen) atoms. The first-order valence-corrected chi connectivity index (χ1v) is 8.29. The van der Waals surface area contributed by atoms with Crippen LogP contribution in [-0.2, 0) is 11.3 Å². The molecule has 0 atom stereocenters. The molecular formula is C19H15FN2OS.